The number of halogens is 3. The number of pyridine rings is 1. The van der Waals surface area contributed by atoms with E-state index in [9.17, 15) is 22.8 Å². The van der Waals surface area contributed by atoms with Crippen molar-refractivity contribution in [2.45, 2.75) is 26.6 Å². The molecule has 0 unspecified atom stereocenters. The second kappa shape index (κ2) is 8.84. The lowest BCUT2D eigenvalue weighted by atomic mass is 10.1. The zero-order valence-corrected chi connectivity index (χ0v) is 17.8. The van der Waals surface area contributed by atoms with Gasteiger partial charge in [0.2, 0.25) is 0 Å². The maximum Gasteiger partial charge on any atom is 0.416 e. The molecule has 0 saturated heterocycles. The number of benzene rings is 1. The third-order valence-electron chi connectivity index (χ3n) is 4.32. The van der Waals surface area contributed by atoms with E-state index in [-0.39, 0.29) is 22.7 Å². The number of carbonyl (C=O) groups is 2. The van der Waals surface area contributed by atoms with E-state index < -0.39 is 23.6 Å². The topological polar surface area (TPSA) is 75.2 Å². The summed E-state index contributed by atoms with van der Waals surface area (Å²) in [6, 6.07) is 6.49. The van der Waals surface area contributed by atoms with Gasteiger partial charge in [-0.15, -0.1) is 11.3 Å². The molecule has 10 heteroatoms. The van der Waals surface area contributed by atoms with Crippen molar-refractivity contribution in [2.24, 2.45) is 0 Å². The van der Waals surface area contributed by atoms with E-state index in [1.807, 2.05) is 26.0 Å². The number of hydrogen-bond acceptors (Lipinski definition) is 5. The molecule has 2 heterocycles. The fourth-order valence-corrected chi connectivity index (χ4v) is 3.56. The average Bonchev–Trinajstić information content (AvgIpc) is 3.20. The second-order valence-corrected chi connectivity index (χ2v) is 7.94. The van der Waals surface area contributed by atoms with Crippen LogP contribution in [0.15, 0.2) is 42.0 Å². The summed E-state index contributed by atoms with van der Waals surface area (Å²) in [4.78, 5) is 34.8. The number of hydrogen-bond donors (Lipinski definition) is 1. The van der Waals surface area contributed by atoms with E-state index in [0.717, 1.165) is 34.7 Å². The van der Waals surface area contributed by atoms with Crippen LogP contribution >= 0.6 is 11.3 Å². The molecule has 0 spiro atoms. The highest BCUT2D eigenvalue weighted by Gasteiger charge is 2.32. The lowest BCUT2D eigenvalue weighted by molar-refractivity contribution is -0.137. The van der Waals surface area contributed by atoms with Gasteiger partial charge in [0.1, 0.15) is 4.88 Å². The summed E-state index contributed by atoms with van der Waals surface area (Å²) in [5, 5.41) is 2.40. The molecule has 0 aliphatic carbocycles. The summed E-state index contributed by atoms with van der Waals surface area (Å²) in [6.07, 6.45) is -3.38. The molecule has 0 aliphatic rings. The van der Waals surface area contributed by atoms with Crippen LogP contribution in [0.3, 0.4) is 0 Å². The fourth-order valence-electron chi connectivity index (χ4n) is 3.05. The van der Waals surface area contributed by atoms with Gasteiger partial charge in [0.15, 0.2) is 0 Å². The summed E-state index contributed by atoms with van der Waals surface area (Å²) in [5.41, 5.74) is 2.45. The third kappa shape index (κ3) is 5.66. The van der Waals surface area contributed by atoms with Gasteiger partial charge in [-0.2, -0.15) is 13.2 Å². The fraction of sp³-hybridized carbons (Fsp3) is 0.238. The van der Waals surface area contributed by atoms with Crippen LogP contribution in [-0.2, 0) is 12.7 Å². The van der Waals surface area contributed by atoms with Crippen molar-refractivity contribution in [1.29, 1.82) is 0 Å². The first-order valence-corrected chi connectivity index (χ1v) is 10.0. The standard InChI is InChI=1S/C21H19F3N4O2S/c1-12-4-13(2)26-17(5-12)10-28(3)20(30)14-6-15(21(22,23)24)8-16(7-14)27-19(29)18-9-25-11-31-18/h4-9,11H,10H2,1-3H3,(H,27,29). The van der Waals surface area contributed by atoms with Crippen LogP contribution in [0, 0.1) is 13.8 Å². The summed E-state index contributed by atoms with van der Waals surface area (Å²) < 4.78 is 40.2. The van der Waals surface area contributed by atoms with E-state index in [1.54, 1.807) is 0 Å². The van der Waals surface area contributed by atoms with Gasteiger partial charge in [0, 0.05) is 24.0 Å². The molecule has 1 aromatic carbocycles. The first kappa shape index (κ1) is 22.4. The van der Waals surface area contributed by atoms with Crippen molar-refractivity contribution in [3.63, 3.8) is 0 Å². The lowest BCUT2D eigenvalue weighted by Gasteiger charge is -2.19. The Balaban J connectivity index is 1.89. The van der Waals surface area contributed by atoms with Crippen LogP contribution in [0.5, 0.6) is 0 Å². The van der Waals surface area contributed by atoms with Crippen molar-refractivity contribution in [3.8, 4) is 0 Å². The Hall–Kier alpha value is -3.27. The van der Waals surface area contributed by atoms with Gasteiger partial charge in [-0.05, 0) is 49.7 Å². The van der Waals surface area contributed by atoms with Gasteiger partial charge in [0.25, 0.3) is 11.8 Å². The van der Waals surface area contributed by atoms with Crippen LogP contribution in [0.1, 0.15) is 42.5 Å². The number of alkyl halides is 3. The van der Waals surface area contributed by atoms with Gasteiger partial charge in [-0.1, -0.05) is 0 Å². The summed E-state index contributed by atoms with van der Waals surface area (Å²) in [5.74, 6) is -1.23. The third-order valence-corrected chi connectivity index (χ3v) is 5.09. The Morgan fingerprint density at radius 1 is 1.13 bits per heavy atom. The molecule has 0 radical (unpaired) electrons. The number of nitrogens with one attached hydrogen (secondary N) is 1. The molecule has 0 saturated carbocycles. The van der Waals surface area contributed by atoms with Crippen LogP contribution in [0.4, 0.5) is 18.9 Å². The number of thiazole rings is 1. The molecule has 162 valence electrons. The van der Waals surface area contributed by atoms with E-state index in [4.69, 9.17) is 0 Å². The number of amides is 2. The molecule has 2 aromatic heterocycles. The van der Waals surface area contributed by atoms with Crippen LogP contribution in [0.25, 0.3) is 0 Å². The number of rotatable bonds is 5. The van der Waals surface area contributed by atoms with Gasteiger partial charge in [-0.25, -0.2) is 0 Å². The van der Waals surface area contributed by atoms with E-state index in [2.05, 4.69) is 15.3 Å². The minimum Gasteiger partial charge on any atom is -0.336 e. The summed E-state index contributed by atoms with van der Waals surface area (Å²) >= 11 is 1.05. The highest BCUT2D eigenvalue weighted by molar-refractivity contribution is 7.11. The molecule has 0 fully saturated rings. The van der Waals surface area contributed by atoms with Gasteiger partial charge >= 0.3 is 6.18 Å². The van der Waals surface area contributed by atoms with Crippen LogP contribution in [-0.4, -0.2) is 33.7 Å². The highest BCUT2D eigenvalue weighted by atomic mass is 32.1. The Kier molecular flexibility index (Phi) is 6.40. The normalized spacial score (nSPS) is 11.3. The number of aryl methyl sites for hydroxylation is 2. The number of anilines is 1. The zero-order chi connectivity index (χ0) is 22.8. The Bertz CT molecular complexity index is 1090. The minimum atomic E-state index is -4.69. The van der Waals surface area contributed by atoms with Crippen molar-refractivity contribution < 1.29 is 22.8 Å². The molecule has 0 bridgehead atoms. The smallest absolute Gasteiger partial charge is 0.336 e. The number of carbonyl (C=O) groups excluding carboxylic acids is 2. The first-order chi connectivity index (χ1) is 14.5. The average molecular weight is 448 g/mol. The van der Waals surface area contributed by atoms with Crippen molar-refractivity contribution >= 4 is 28.8 Å². The molecular formula is C21H19F3N4O2S. The molecule has 1 N–H and O–H groups in total. The monoisotopic (exact) mass is 448 g/mol. The van der Waals surface area contributed by atoms with Gasteiger partial charge < -0.3 is 10.2 Å². The Morgan fingerprint density at radius 2 is 1.87 bits per heavy atom. The predicted octanol–water partition coefficient (Wildman–Crippen LogP) is 4.70. The molecule has 6 nitrogen and oxygen atoms in total. The van der Waals surface area contributed by atoms with Crippen LogP contribution in [0.2, 0.25) is 0 Å². The number of aromatic nitrogens is 2. The van der Waals surface area contributed by atoms with Crippen molar-refractivity contribution in [2.75, 3.05) is 12.4 Å². The molecule has 31 heavy (non-hydrogen) atoms. The van der Waals surface area contributed by atoms with E-state index >= 15 is 0 Å². The second-order valence-electron chi connectivity index (χ2n) is 7.06. The molecule has 3 aromatic rings. The van der Waals surface area contributed by atoms with Gasteiger partial charge in [0.05, 0.1) is 29.5 Å². The zero-order valence-electron chi connectivity index (χ0n) is 16.9. The molecular weight excluding hydrogens is 429 g/mol. The highest BCUT2D eigenvalue weighted by Crippen LogP contribution is 2.32. The maximum atomic E-state index is 13.4. The molecule has 0 aliphatic heterocycles. The largest absolute Gasteiger partial charge is 0.416 e. The molecule has 0 atom stereocenters. The van der Waals surface area contributed by atoms with Crippen LogP contribution < -0.4 is 5.32 Å². The quantitative estimate of drug-likeness (QED) is 0.614. The van der Waals surface area contributed by atoms with Crippen molar-refractivity contribution in [1.82, 2.24) is 14.9 Å². The SMILES string of the molecule is Cc1cc(C)nc(CN(C)C(=O)c2cc(NC(=O)c3cncs3)cc(C(F)(F)F)c2)c1. The number of nitrogens with zero attached hydrogens (tertiary/aromatic N) is 3. The lowest BCUT2D eigenvalue weighted by Crippen LogP contribution is -2.27. The summed E-state index contributed by atoms with van der Waals surface area (Å²) in [6.45, 7) is 3.84. The van der Waals surface area contributed by atoms with E-state index in [1.165, 1.54) is 29.7 Å². The molecule has 3 rings (SSSR count). The summed E-state index contributed by atoms with van der Waals surface area (Å²) in [7, 11) is 1.48. The first-order valence-electron chi connectivity index (χ1n) is 9.14. The van der Waals surface area contributed by atoms with Gasteiger partial charge in [-0.3, -0.25) is 19.6 Å². The van der Waals surface area contributed by atoms with Crippen molar-refractivity contribution in [3.05, 3.63) is 75.0 Å². The predicted molar refractivity (Wildman–Crippen MR) is 111 cm³/mol. The maximum absolute atomic E-state index is 13.4. The van der Waals surface area contributed by atoms with E-state index in [0.29, 0.717) is 5.69 Å². The minimum absolute atomic E-state index is 0.125. The Labute approximate surface area is 180 Å². The Morgan fingerprint density at radius 3 is 2.48 bits per heavy atom. The molecule has 2 amide bonds.